The zero-order chi connectivity index (χ0) is 19.0. The van der Waals surface area contributed by atoms with Crippen LogP contribution in [0.4, 0.5) is 5.69 Å². The molecule has 2 aromatic rings. The Balaban J connectivity index is 1.56. The Morgan fingerprint density at radius 1 is 1.07 bits per heavy atom. The van der Waals surface area contributed by atoms with Crippen molar-refractivity contribution in [2.24, 2.45) is 0 Å². The molecule has 8 heteroatoms. The van der Waals surface area contributed by atoms with Crippen molar-refractivity contribution in [3.05, 3.63) is 41.5 Å². The third-order valence-corrected chi connectivity index (χ3v) is 5.44. The van der Waals surface area contributed by atoms with Crippen LogP contribution in [0.5, 0.6) is 0 Å². The summed E-state index contributed by atoms with van der Waals surface area (Å²) in [5, 5.41) is 17.7. The number of benzene rings is 1. The van der Waals surface area contributed by atoms with Crippen molar-refractivity contribution >= 4 is 17.6 Å². The minimum Gasteiger partial charge on any atom is -0.480 e. The fourth-order valence-corrected chi connectivity index (χ4v) is 3.87. The summed E-state index contributed by atoms with van der Waals surface area (Å²) in [6.07, 6.45) is 3.65. The number of carbonyl (C=O) groups excluding carboxylic acids is 1. The first-order chi connectivity index (χ1) is 13.0. The molecule has 4 rings (SSSR count). The first kappa shape index (κ1) is 17.5. The van der Waals surface area contributed by atoms with Crippen LogP contribution in [0.1, 0.15) is 41.3 Å². The van der Waals surface area contributed by atoms with Crippen molar-refractivity contribution in [1.82, 2.24) is 19.7 Å². The van der Waals surface area contributed by atoms with E-state index in [9.17, 15) is 14.7 Å². The molecule has 0 radical (unpaired) electrons. The second-order valence-electron chi connectivity index (χ2n) is 7.16. The Hall–Kier alpha value is -2.90. The highest BCUT2D eigenvalue weighted by Crippen LogP contribution is 2.23. The van der Waals surface area contributed by atoms with Crippen LogP contribution < -0.4 is 4.90 Å². The number of aromatic nitrogens is 3. The van der Waals surface area contributed by atoms with E-state index in [4.69, 9.17) is 0 Å². The second kappa shape index (κ2) is 7.02. The molecule has 2 aliphatic rings. The number of nitrogens with zero attached hydrogens (tertiary/aromatic N) is 5. The van der Waals surface area contributed by atoms with Gasteiger partial charge in [0.15, 0.2) is 5.82 Å². The average Bonchev–Trinajstić information content (AvgIpc) is 3.07. The van der Waals surface area contributed by atoms with E-state index in [1.165, 1.54) is 24.2 Å². The molecule has 0 spiro atoms. The number of fused-ring (bicyclic) bond motifs is 1. The lowest BCUT2D eigenvalue weighted by atomic mass is 10.1. The summed E-state index contributed by atoms with van der Waals surface area (Å²) in [5.41, 5.74) is 1.60. The molecule has 142 valence electrons. The summed E-state index contributed by atoms with van der Waals surface area (Å²) in [6, 6.07) is 6.54. The number of carbonyl (C=O) groups is 2. The van der Waals surface area contributed by atoms with E-state index in [2.05, 4.69) is 15.1 Å². The molecule has 1 unspecified atom stereocenters. The Kier molecular flexibility index (Phi) is 4.55. The number of amides is 1. The summed E-state index contributed by atoms with van der Waals surface area (Å²) < 4.78 is 1.77. The van der Waals surface area contributed by atoms with Crippen LogP contribution in [0, 0.1) is 6.92 Å². The van der Waals surface area contributed by atoms with Crippen molar-refractivity contribution < 1.29 is 14.7 Å². The van der Waals surface area contributed by atoms with Crippen LogP contribution >= 0.6 is 0 Å². The molecular weight excluding hydrogens is 346 g/mol. The highest BCUT2D eigenvalue weighted by Gasteiger charge is 2.36. The van der Waals surface area contributed by atoms with Gasteiger partial charge in [-0.1, -0.05) is 0 Å². The topological polar surface area (TPSA) is 91.6 Å². The Labute approximate surface area is 157 Å². The number of aliphatic carboxylic acids is 1. The number of piperidine rings is 1. The third-order valence-electron chi connectivity index (χ3n) is 5.44. The molecule has 1 aromatic heterocycles. The molecule has 0 saturated carbocycles. The summed E-state index contributed by atoms with van der Waals surface area (Å²) in [5.74, 6) is -0.0379. The number of hydrogen-bond donors (Lipinski definition) is 1. The van der Waals surface area contributed by atoms with E-state index in [-0.39, 0.29) is 19.0 Å². The number of carboxylic acid groups (broad SMARTS) is 1. The SMILES string of the molecule is Cc1nnc2n1CC(C(=O)O)N(C(=O)c1ccc(N3CCCCC3)cc1)C2. The van der Waals surface area contributed by atoms with Gasteiger partial charge in [0.1, 0.15) is 11.9 Å². The monoisotopic (exact) mass is 369 g/mol. The maximum atomic E-state index is 13.0. The van der Waals surface area contributed by atoms with E-state index in [0.717, 1.165) is 18.8 Å². The number of aryl methyl sites for hydroxylation is 1. The minimum absolute atomic E-state index is 0.143. The molecule has 27 heavy (non-hydrogen) atoms. The van der Waals surface area contributed by atoms with Crippen LogP contribution in [-0.4, -0.2) is 55.8 Å². The van der Waals surface area contributed by atoms with Crippen molar-refractivity contribution in [2.75, 3.05) is 18.0 Å². The van der Waals surface area contributed by atoms with Gasteiger partial charge in [-0.2, -0.15) is 0 Å². The van der Waals surface area contributed by atoms with Gasteiger partial charge in [0.05, 0.1) is 13.1 Å². The largest absolute Gasteiger partial charge is 0.480 e. The number of rotatable bonds is 3. The molecule has 3 heterocycles. The van der Waals surface area contributed by atoms with Gasteiger partial charge in [-0.25, -0.2) is 4.79 Å². The highest BCUT2D eigenvalue weighted by molar-refractivity contribution is 5.97. The van der Waals surface area contributed by atoms with E-state index in [1.54, 1.807) is 23.6 Å². The quantitative estimate of drug-likeness (QED) is 0.885. The predicted octanol–water partition coefficient (Wildman–Crippen LogP) is 1.69. The first-order valence-corrected chi connectivity index (χ1v) is 9.32. The van der Waals surface area contributed by atoms with Crippen LogP contribution in [0.3, 0.4) is 0 Å². The Morgan fingerprint density at radius 2 is 1.78 bits per heavy atom. The van der Waals surface area contributed by atoms with Gasteiger partial charge < -0.3 is 19.5 Å². The van der Waals surface area contributed by atoms with Gasteiger partial charge in [-0.3, -0.25) is 4.79 Å². The molecule has 8 nitrogen and oxygen atoms in total. The fourth-order valence-electron chi connectivity index (χ4n) is 3.87. The van der Waals surface area contributed by atoms with Gasteiger partial charge in [-0.05, 0) is 50.5 Å². The van der Waals surface area contributed by atoms with Gasteiger partial charge in [0.2, 0.25) is 0 Å². The number of anilines is 1. The summed E-state index contributed by atoms with van der Waals surface area (Å²) >= 11 is 0. The van der Waals surface area contributed by atoms with Crippen LogP contribution in [0.2, 0.25) is 0 Å². The van der Waals surface area contributed by atoms with Crippen LogP contribution in [0.15, 0.2) is 24.3 Å². The van der Waals surface area contributed by atoms with Crippen molar-refractivity contribution in [3.8, 4) is 0 Å². The number of hydrogen-bond acceptors (Lipinski definition) is 5. The second-order valence-corrected chi connectivity index (χ2v) is 7.16. The van der Waals surface area contributed by atoms with Crippen molar-refractivity contribution in [2.45, 2.75) is 45.3 Å². The van der Waals surface area contributed by atoms with Gasteiger partial charge in [-0.15, -0.1) is 10.2 Å². The lowest BCUT2D eigenvalue weighted by Gasteiger charge is -2.33. The third kappa shape index (κ3) is 3.27. The first-order valence-electron chi connectivity index (χ1n) is 9.32. The molecule has 1 saturated heterocycles. The normalized spacial score (nSPS) is 19.7. The summed E-state index contributed by atoms with van der Waals surface area (Å²) in [7, 11) is 0. The summed E-state index contributed by atoms with van der Waals surface area (Å²) in [4.78, 5) is 28.5. The van der Waals surface area contributed by atoms with Gasteiger partial charge >= 0.3 is 5.97 Å². The molecule has 1 N–H and O–H groups in total. The number of carboxylic acids is 1. The van der Waals surface area contributed by atoms with E-state index >= 15 is 0 Å². The van der Waals surface area contributed by atoms with Crippen LogP contribution in [-0.2, 0) is 17.9 Å². The smallest absolute Gasteiger partial charge is 0.328 e. The molecule has 1 fully saturated rings. The van der Waals surface area contributed by atoms with Crippen molar-refractivity contribution in [1.29, 1.82) is 0 Å². The molecule has 1 atom stereocenters. The molecule has 1 aromatic carbocycles. The van der Waals surface area contributed by atoms with Gasteiger partial charge in [0.25, 0.3) is 5.91 Å². The molecular formula is C19H23N5O3. The zero-order valence-corrected chi connectivity index (χ0v) is 15.3. The Morgan fingerprint density at radius 3 is 2.44 bits per heavy atom. The molecule has 2 aliphatic heterocycles. The zero-order valence-electron chi connectivity index (χ0n) is 15.3. The minimum atomic E-state index is -1.02. The molecule has 0 bridgehead atoms. The standard InChI is InChI=1S/C19H23N5O3/c1-13-20-21-17-12-24(16(19(26)27)11-23(13)17)18(25)14-5-7-15(8-6-14)22-9-3-2-4-10-22/h5-8,16H,2-4,9-12H2,1H3,(H,26,27). The summed E-state index contributed by atoms with van der Waals surface area (Å²) in [6.45, 7) is 4.17. The highest BCUT2D eigenvalue weighted by atomic mass is 16.4. The maximum absolute atomic E-state index is 13.0. The Bertz CT molecular complexity index is 855. The van der Waals surface area contributed by atoms with Crippen molar-refractivity contribution in [3.63, 3.8) is 0 Å². The van der Waals surface area contributed by atoms with E-state index in [0.29, 0.717) is 17.2 Å². The van der Waals surface area contributed by atoms with E-state index < -0.39 is 12.0 Å². The maximum Gasteiger partial charge on any atom is 0.328 e. The fraction of sp³-hybridized carbons (Fsp3) is 0.474. The lowest BCUT2D eigenvalue weighted by Crippen LogP contribution is -2.50. The van der Waals surface area contributed by atoms with Gasteiger partial charge in [0, 0.05) is 24.3 Å². The lowest BCUT2D eigenvalue weighted by molar-refractivity contribution is -0.143. The molecule has 0 aliphatic carbocycles. The van der Waals surface area contributed by atoms with E-state index in [1.807, 2.05) is 12.1 Å². The average molecular weight is 369 g/mol. The predicted molar refractivity (Wildman–Crippen MR) is 98.6 cm³/mol. The molecule has 1 amide bonds. The van der Waals surface area contributed by atoms with Crippen LogP contribution in [0.25, 0.3) is 0 Å².